The maximum Gasteiger partial charge on any atom is 0.320 e. The summed E-state index contributed by atoms with van der Waals surface area (Å²) in [6.07, 6.45) is 1.05. The summed E-state index contributed by atoms with van der Waals surface area (Å²) >= 11 is 12.5. The summed E-state index contributed by atoms with van der Waals surface area (Å²) in [5, 5.41) is 0.974. The molecule has 2 aromatic carbocycles. The van der Waals surface area contributed by atoms with E-state index in [4.69, 9.17) is 27.9 Å². The van der Waals surface area contributed by atoms with Crippen LogP contribution in [0, 0.1) is 12.8 Å². The van der Waals surface area contributed by atoms with E-state index in [0.717, 1.165) is 16.9 Å². The molecule has 7 nitrogen and oxygen atoms in total. The summed E-state index contributed by atoms with van der Waals surface area (Å²) in [5.74, 6) is 0.846. The van der Waals surface area contributed by atoms with Gasteiger partial charge in [0.2, 0.25) is 10.0 Å². The van der Waals surface area contributed by atoms with E-state index < -0.39 is 10.0 Å². The summed E-state index contributed by atoms with van der Waals surface area (Å²) < 4.78 is 31.4. The predicted octanol–water partition coefficient (Wildman–Crippen LogP) is 4.48. The highest BCUT2D eigenvalue weighted by Gasteiger charge is 2.42. The number of carbonyl (C=O) groups is 1. The van der Waals surface area contributed by atoms with Gasteiger partial charge in [0.1, 0.15) is 11.9 Å². The van der Waals surface area contributed by atoms with Crippen molar-refractivity contribution in [1.82, 2.24) is 14.1 Å². The number of nitrogens with zero attached hydrogens (tertiary/aromatic N) is 3. The lowest BCUT2D eigenvalue weighted by Gasteiger charge is -2.35. The van der Waals surface area contributed by atoms with Gasteiger partial charge in [0.25, 0.3) is 0 Å². The monoisotopic (exact) mass is 539 g/mol. The third kappa shape index (κ3) is 6.05. The number of carbonyl (C=O) groups excluding carboxylic acids is 1. The van der Waals surface area contributed by atoms with Gasteiger partial charge in [-0.05, 0) is 43.7 Å². The summed E-state index contributed by atoms with van der Waals surface area (Å²) in [7, 11) is -3.26. The molecule has 2 saturated heterocycles. The lowest BCUT2D eigenvalue weighted by molar-refractivity contribution is 0.129. The van der Waals surface area contributed by atoms with E-state index in [-0.39, 0.29) is 24.0 Å². The fraction of sp³-hybridized carbons (Fsp3) is 0.480. The van der Waals surface area contributed by atoms with Crippen molar-refractivity contribution in [1.29, 1.82) is 0 Å². The molecule has 10 heteroatoms. The smallest absolute Gasteiger partial charge is 0.320 e. The van der Waals surface area contributed by atoms with Crippen LogP contribution in [0.2, 0.25) is 10.0 Å². The van der Waals surface area contributed by atoms with E-state index in [9.17, 15) is 13.2 Å². The molecule has 2 aliphatic rings. The van der Waals surface area contributed by atoms with Crippen molar-refractivity contribution in [2.45, 2.75) is 25.9 Å². The number of aryl methyl sites for hydroxylation is 1. The van der Waals surface area contributed by atoms with E-state index in [1.54, 1.807) is 11.0 Å². The molecule has 2 heterocycles. The number of piperazine rings is 1. The summed E-state index contributed by atoms with van der Waals surface area (Å²) in [4.78, 5) is 17.0. The average molecular weight is 541 g/mol. The second-order valence-corrected chi connectivity index (χ2v) is 12.2. The first kappa shape index (κ1) is 26.1. The molecule has 2 amide bonds. The molecule has 190 valence electrons. The second kappa shape index (κ2) is 10.5. The van der Waals surface area contributed by atoms with Crippen LogP contribution in [0.25, 0.3) is 0 Å². The number of halogens is 2. The molecule has 2 aliphatic heterocycles. The lowest BCUT2D eigenvalue weighted by atomic mass is 9.85. The van der Waals surface area contributed by atoms with Crippen molar-refractivity contribution in [3.8, 4) is 5.75 Å². The number of hydrogen-bond acceptors (Lipinski definition) is 4. The first-order valence-corrected chi connectivity index (χ1v) is 14.3. The highest BCUT2D eigenvalue weighted by atomic mass is 35.5. The summed E-state index contributed by atoms with van der Waals surface area (Å²) in [5.41, 5.74) is 2.17. The number of benzene rings is 2. The van der Waals surface area contributed by atoms with Gasteiger partial charge in [0, 0.05) is 51.1 Å². The minimum absolute atomic E-state index is 0.0199. The Balaban J connectivity index is 1.52. The van der Waals surface area contributed by atoms with Crippen LogP contribution in [0.5, 0.6) is 5.75 Å². The van der Waals surface area contributed by atoms with Gasteiger partial charge in [-0.15, -0.1) is 0 Å². The molecule has 0 aromatic heterocycles. The number of rotatable bonds is 5. The average Bonchev–Trinajstić information content (AvgIpc) is 3.27. The molecular weight excluding hydrogens is 509 g/mol. The molecule has 0 bridgehead atoms. The van der Waals surface area contributed by atoms with Gasteiger partial charge in [-0.3, -0.25) is 0 Å². The van der Waals surface area contributed by atoms with E-state index in [0.29, 0.717) is 49.3 Å². The Bertz CT molecular complexity index is 1170. The number of sulfonamides is 1. The van der Waals surface area contributed by atoms with Crippen molar-refractivity contribution >= 4 is 39.3 Å². The van der Waals surface area contributed by atoms with E-state index >= 15 is 0 Å². The molecule has 2 unspecified atom stereocenters. The molecule has 0 saturated carbocycles. The quantitative estimate of drug-likeness (QED) is 0.561. The lowest BCUT2D eigenvalue weighted by Crippen LogP contribution is -2.53. The van der Waals surface area contributed by atoms with Crippen molar-refractivity contribution in [3.05, 3.63) is 63.6 Å². The SMILES string of the molecule is Cc1ccc(O[C@H](C)C2CN(C(=O)N3CCN(S(C)(=O)=O)CC3)CC2c2ccc(Cl)c(Cl)c2)cc1. The summed E-state index contributed by atoms with van der Waals surface area (Å²) in [6.45, 7) is 6.49. The maximum absolute atomic E-state index is 13.4. The molecule has 2 fully saturated rings. The van der Waals surface area contributed by atoms with Gasteiger partial charge in [0.15, 0.2) is 0 Å². The molecule has 35 heavy (non-hydrogen) atoms. The van der Waals surface area contributed by atoms with Gasteiger partial charge in [-0.1, -0.05) is 47.0 Å². The highest BCUT2D eigenvalue weighted by Crippen LogP contribution is 2.38. The third-order valence-electron chi connectivity index (χ3n) is 6.93. The van der Waals surface area contributed by atoms with Crippen LogP contribution in [-0.2, 0) is 10.0 Å². The molecule has 0 spiro atoms. The molecule has 3 atom stereocenters. The Kier molecular flexibility index (Phi) is 7.86. The van der Waals surface area contributed by atoms with E-state index in [1.165, 1.54) is 10.6 Å². The highest BCUT2D eigenvalue weighted by molar-refractivity contribution is 7.88. The van der Waals surface area contributed by atoms with Crippen LogP contribution in [0.3, 0.4) is 0 Å². The Morgan fingerprint density at radius 1 is 0.971 bits per heavy atom. The topological polar surface area (TPSA) is 70.2 Å². The van der Waals surface area contributed by atoms with Crippen molar-refractivity contribution in [2.24, 2.45) is 5.92 Å². The third-order valence-corrected chi connectivity index (χ3v) is 8.97. The van der Waals surface area contributed by atoms with E-state index in [1.807, 2.05) is 55.1 Å². The minimum atomic E-state index is -3.26. The predicted molar refractivity (Wildman–Crippen MR) is 139 cm³/mol. The van der Waals surface area contributed by atoms with Crippen LogP contribution in [0.15, 0.2) is 42.5 Å². The van der Waals surface area contributed by atoms with Gasteiger partial charge >= 0.3 is 6.03 Å². The standard InChI is InChI=1S/C25H31Cl2N3O4S/c1-17-4-7-20(8-5-17)34-18(2)21-15-29(16-22(21)19-6-9-23(26)24(27)14-19)25(31)28-10-12-30(13-11-28)35(3,32)33/h4-9,14,18,21-22H,10-13,15-16H2,1-3H3/t18-,21?,22?/m1/s1. The number of amides is 2. The molecule has 4 rings (SSSR count). The zero-order valence-electron chi connectivity index (χ0n) is 20.2. The van der Waals surface area contributed by atoms with Crippen molar-refractivity contribution in [3.63, 3.8) is 0 Å². The molecule has 2 aromatic rings. The number of hydrogen-bond donors (Lipinski definition) is 0. The number of ether oxygens (including phenoxy) is 1. The van der Waals surface area contributed by atoms with Gasteiger partial charge < -0.3 is 14.5 Å². The van der Waals surface area contributed by atoms with Crippen LogP contribution < -0.4 is 4.74 Å². The first-order valence-electron chi connectivity index (χ1n) is 11.7. The zero-order valence-corrected chi connectivity index (χ0v) is 22.5. The first-order chi connectivity index (χ1) is 16.5. The van der Waals surface area contributed by atoms with Crippen molar-refractivity contribution < 1.29 is 17.9 Å². The fourth-order valence-electron chi connectivity index (χ4n) is 4.89. The molecule has 0 radical (unpaired) electrons. The van der Waals surface area contributed by atoms with Gasteiger partial charge in [-0.2, -0.15) is 4.31 Å². The largest absolute Gasteiger partial charge is 0.490 e. The number of likely N-dealkylation sites (tertiary alicyclic amines) is 1. The van der Waals surface area contributed by atoms with E-state index in [2.05, 4.69) is 0 Å². The number of urea groups is 1. The molecular formula is C25H31Cl2N3O4S. The van der Waals surface area contributed by atoms with Gasteiger partial charge in [-0.25, -0.2) is 13.2 Å². The second-order valence-electron chi connectivity index (χ2n) is 9.42. The Morgan fingerprint density at radius 2 is 1.63 bits per heavy atom. The summed E-state index contributed by atoms with van der Waals surface area (Å²) in [6, 6.07) is 13.5. The van der Waals surface area contributed by atoms with Crippen molar-refractivity contribution in [2.75, 3.05) is 45.5 Å². The minimum Gasteiger partial charge on any atom is -0.490 e. The zero-order chi connectivity index (χ0) is 25.3. The van der Waals surface area contributed by atoms with Crippen LogP contribution in [0.4, 0.5) is 4.79 Å². The fourth-order valence-corrected chi connectivity index (χ4v) is 6.02. The molecule has 0 aliphatic carbocycles. The Hall–Kier alpha value is -2.00. The van der Waals surface area contributed by atoms with Gasteiger partial charge in [0.05, 0.1) is 16.3 Å². The molecule has 0 N–H and O–H groups in total. The Labute approximate surface area is 217 Å². The normalized spacial score (nSPS) is 22.3. The van der Waals surface area contributed by atoms with Crippen LogP contribution >= 0.6 is 23.2 Å². The Morgan fingerprint density at radius 3 is 2.23 bits per heavy atom. The van der Waals surface area contributed by atoms with Crippen LogP contribution in [0.1, 0.15) is 24.0 Å². The maximum atomic E-state index is 13.4. The van der Waals surface area contributed by atoms with Crippen LogP contribution in [-0.4, -0.2) is 80.2 Å².